The zero-order valence-electron chi connectivity index (χ0n) is 9.55. The Balaban J connectivity index is 4.48. The number of hydrogen-bond donors (Lipinski definition) is 0. The minimum atomic E-state index is -4.24. The van der Waals surface area contributed by atoms with Crippen molar-refractivity contribution in [3.8, 4) is 0 Å². The van der Waals surface area contributed by atoms with Crippen LogP contribution in [-0.4, -0.2) is 65.4 Å². The minimum Gasteiger partial charge on any atom is -0.276 e. The van der Waals surface area contributed by atoms with Crippen LogP contribution in [0.1, 0.15) is 0 Å². The molecule has 0 fully saturated rings. The lowest BCUT2D eigenvalue weighted by molar-refractivity contribution is -0.137. The highest BCUT2D eigenvalue weighted by atomic mass is 32.2. The van der Waals surface area contributed by atoms with Crippen LogP contribution in [0.5, 0.6) is 0 Å². The van der Waals surface area contributed by atoms with Crippen LogP contribution in [0.15, 0.2) is 0 Å². The number of rotatable bonds is 9. The second-order valence-corrected chi connectivity index (χ2v) is 6.32. The third-order valence-electron chi connectivity index (χ3n) is 1.34. The van der Waals surface area contributed by atoms with Gasteiger partial charge in [0.15, 0.2) is 0 Å². The fraction of sp³-hybridized carbons (Fsp3) is 0.667. The number of amides is 2. The molecule has 0 unspecified atom stereocenters. The first-order chi connectivity index (χ1) is 8.12. The molecule has 0 saturated heterocycles. The molecule has 0 rings (SSSR count). The summed E-state index contributed by atoms with van der Waals surface area (Å²) in [6.45, 7) is 0. The van der Waals surface area contributed by atoms with E-state index in [0.29, 0.717) is 10.1 Å². The van der Waals surface area contributed by atoms with E-state index < -0.39 is 31.7 Å². The number of hydroxylamine groups is 4. The smallest absolute Gasteiger partial charge is 0.276 e. The summed E-state index contributed by atoms with van der Waals surface area (Å²) in [4.78, 5) is 20.2. The highest BCUT2D eigenvalue weighted by Crippen LogP contribution is 2.01. The molecule has 0 saturated carbocycles. The highest BCUT2D eigenvalue weighted by molar-refractivity contribution is 7.90. The number of hydrogen-bond acceptors (Lipinski definition) is 8. The van der Waals surface area contributed by atoms with E-state index in [0.717, 1.165) is 14.1 Å². The third kappa shape index (κ3) is 7.16. The van der Waals surface area contributed by atoms with E-state index in [4.69, 9.17) is 0 Å². The van der Waals surface area contributed by atoms with E-state index in [2.05, 4.69) is 8.57 Å². The average molecular weight is 304 g/mol. The molecule has 0 heterocycles. The zero-order chi connectivity index (χ0) is 14.4. The SMILES string of the molecule is CN(C=O)OS(=O)(=O)CCS(=O)(=O)ON(C)C=O. The Labute approximate surface area is 104 Å². The largest absolute Gasteiger partial charge is 0.289 e. The van der Waals surface area contributed by atoms with Gasteiger partial charge in [-0.1, -0.05) is 0 Å². The number of carbonyl (C=O) groups excluding carboxylic acids is 2. The van der Waals surface area contributed by atoms with Crippen LogP contribution >= 0.6 is 0 Å². The van der Waals surface area contributed by atoms with Crippen LogP contribution in [0.3, 0.4) is 0 Å². The second kappa shape index (κ2) is 6.63. The quantitative estimate of drug-likeness (QED) is 0.343. The van der Waals surface area contributed by atoms with Gasteiger partial charge in [0.05, 0.1) is 11.5 Å². The summed E-state index contributed by atoms with van der Waals surface area (Å²) in [5.41, 5.74) is 0. The standard InChI is InChI=1S/C6H12N2O8S2/c1-7(5-9)15-17(11,12)3-4-18(13,14)16-8(2)6-10/h5-6H,3-4H2,1-2H3. The maximum atomic E-state index is 11.2. The van der Waals surface area contributed by atoms with Crippen molar-refractivity contribution in [3.05, 3.63) is 0 Å². The second-order valence-electron chi connectivity index (χ2n) is 2.98. The van der Waals surface area contributed by atoms with Crippen LogP contribution in [0.4, 0.5) is 0 Å². The summed E-state index contributed by atoms with van der Waals surface area (Å²) in [5, 5.41) is 0.723. The Morgan fingerprint density at radius 3 is 1.33 bits per heavy atom. The molecule has 0 aromatic carbocycles. The first-order valence-electron chi connectivity index (χ1n) is 4.32. The van der Waals surface area contributed by atoms with Crippen molar-refractivity contribution in [1.82, 2.24) is 10.1 Å². The van der Waals surface area contributed by atoms with Gasteiger partial charge in [0, 0.05) is 14.1 Å². The molecular formula is C6H12N2O8S2. The van der Waals surface area contributed by atoms with Crippen LogP contribution in [-0.2, 0) is 38.4 Å². The predicted molar refractivity (Wildman–Crippen MR) is 57.4 cm³/mol. The van der Waals surface area contributed by atoms with E-state index in [-0.39, 0.29) is 12.8 Å². The van der Waals surface area contributed by atoms with Gasteiger partial charge in [-0.05, 0) is 0 Å². The summed E-state index contributed by atoms with van der Waals surface area (Å²) in [6, 6.07) is 0. The summed E-state index contributed by atoms with van der Waals surface area (Å²) in [7, 11) is -6.43. The molecule has 12 heteroatoms. The van der Waals surface area contributed by atoms with Crippen molar-refractivity contribution in [2.24, 2.45) is 0 Å². The van der Waals surface area contributed by atoms with Gasteiger partial charge in [-0.15, -0.1) is 8.57 Å². The Morgan fingerprint density at radius 1 is 0.833 bits per heavy atom. The van der Waals surface area contributed by atoms with Crippen LogP contribution in [0.2, 0.25) is 0 Å². The van der Waals surface area contributed by atoms with Crippen molar-refractivity contribution in [3.63, 3.8) is 0 Å². The average Bonchev–Trinajstić information content (AvgIpc) is 2.25. The minimum absolute atomic E-state index is 0.0860. The number of nitrogens with zero attached hydrogens (tertiary/aromatic N) is 2. The van der Waals surface area contributed by atoms with Crippen molar-refractivity contribution in [2.75, 3.05) is 25.6 Å². The van der Waals surface area contributed by atoms with Gasteiger partial charge in [0.1, 0.15) is 0 Å². The third-order valence-corrected chi connectivity index (χ3v) is 3.93. The van der Waals surface area contributed by atoms with E-state index in [1.807, 2.05) is 0 Å². The van der Waals surface area contributed by atoms with Gasteiger partial charge < -0.3 is 0 Å². The summed E-state index contributed by atoms with van der Waals surface area (Å²) < 4.78 is 53.0. The zero-order valence-corrected chi connectivity index (χ0v) is 11.2. The first kappa shape index (κ1) is 16.8. The van der Waals surface area contributed by atoms with Gasteiger partial charge in [-0.2, -0.15) is 16.8 Å². The highest BCUT2D eigenvalue weighted by Gasteiger charge is 2.22. The fourth-order valence-electron chi connectivity index (χ4n) is 0.672. The summed E-state index contributed by atoms with van der Waals surface area (Å²) >= 11 is 0. The normalized spacial score (nSPS) is 11.9. The monoisotopic (exact) mass is 304 g/mol. The molecule has 0 atom stereocenters. The molecule has 10 nitrogen and oxygen atoms in total. The van der Waals surface area contributed by atoms with Crippen LogP contribution in [0, 0.1) is 0 Å². The Hall–Kier alpha value is -1.24. The summed E-state index contributed by atoms with van der Waals surface area (Å²) in [6.07, 6.45) is 0.172. The van der Waals surface area contributed by atoms with Crippen molar-refractivity contribution in [2.45, 2.75) is 0 Å². The number of carbonyl (C=O) groups is 2. The molecule has 18 heavy (non-hydrogen) atoms. The molecule has 0 spiro atoms. The Morgan fingerprint density at radius 2 is 1.11 bits per heavy atom. The Bertz CT molecular complexity index is 438. The molecule has 0 aliphatic rings. The molecule has 0 aliphatic heterocycles. The molecule has 0 aliphatic carbocycles. The van der Waals surface area contributed by atoms with Gasteiger partial charge >= 0.3 is 0 Å². The molecular weight excluding hydrogens is 292 g/mol. The maximum absolute atomic E-state index is 11.2. The van der Waals surface area contributed by atoms with Crippen LogP contribution in [0.25, 0.3) is 0 Å². The predicted octanol–water partition coefficient (Wildman–Crippen LogP) is -2.31. The molecule has 0 N–H and O–H groups in total. The van der Waals surface area contributed by atoms with Gasteiger partial charge in [-0.3, -0.25) is 9.59 Å². The van der Waals surface area contributed by atoms with Crippen molar-refractivity contribution < 1.29 is 35.0 Å². The molecule has 106 valence electrons. The summed E-state index contributed by atoms with van der Waals surface area (Å²) in [5.74, 6) is -1.86. The fourth-order valence-corrected chi connectivity index (χ4v) is 3.24. The molecule has 0 aromatic rings. The Kier molecular flexibility index (Phi) is 6.17. The van der Waals surface area contributed by atoms with E-state index in [9.17, 15) is 26.4 Å². The first-order valence-corrected chi connectivity index (χ1v) is 7.48. The molecule has 0 bridgehead atoms. The molecule has 0 radical (unpaired) electrons. The van der Waals surface area contributed by atoms with E-state index in [1.165, 1.54) is 0 Å². The lowest BCUT2D eigenvalue weighted by Crippen LogP contribution is -2.29. The van der Waals surface area contributed by atoms with Gasteiger partial charge in [0.2, 0.25) is 12.8 Å². The maximum Gasteiger partial charge on any atom is 0.289 e. The molecule has 0 aromatic heterocycles. The molecule has 2 amide bonds. The lowest BCUT2D eigenvalue weighted by atomic mass is 11.0. The van der Waals surface area contributed by atoms with E-state index >= 15 is 0 Å². The lowest BCUT2D eigenvalue weighted by Gasteiger charge is -2.12. The van der Waals surface area contributed by atoms with Gasteiger partial charge in [0.25, 0.3) is 20.2 Å². The van der Waals surface area contributed by atoms with Crippen molar-refractivity contribution >= 4 is 33.1 Å². The van der Waals surface area contributed by atoms with Crippen molar-refractivity contribution in [1.29, 1.82) is 0 Å². The topological polar surface area (TPSA) is 127 Å². The van der Waals surface area contributed by atoms with E-state index in [1.54, 1.807) is 0 Å². The van der Waals surface area contributed by atoms with Gasteiger partial charge in [-0.25, -0.2) is 10.1 Å². The van der Waals surface area contributed by atoms with Crippen LogP contribution < -0.4 is 0 Å².